The quantitative estimate of drug-likeness (QED) is 0.477. The van der Waals surface area contributed by atoms with E-state index in [1.54, 1.807) is 0 Å². The molecule has 0 bridgehead atoms. The Morgan fingerprint density at radius 3 is 1.75 bits per heavy atom. The van der Waals surface area contributed by atoms with Gasteiger partial charge in [0, 0.05) is 0 Å². The molecule has 1 saturated carbocycles. The summed E-state index contributed by atoms with van der Waals surface area (Å²) in [4.78, 5) is 0. The first-order valence-electron chi connectivity index (χ1n) is 3.15. The van der Waals surface area contributed by atoms with Crippen molar-refractivity contribution in [2.45, 2.75) is 37.9 Å². The van der Waals surface area contributed by atoms with Crippen LogP contribution < -0.4 is 0 Å². The Labute approximate surface area is 49.1 Å². The fraction of sp³-hybridized carbons (Fsp3) is 1.00. The molecule has 48 valence electrons. The fourth-order valence-electron chi connectivity index (χ4n) is 1.14. The van der Waals surface area contributed by atoms with Gasteiger partial charge in [0.2, 0.25) is 0 Å². The smallest absolute Gasteiger partial charge is 0.0564 e. The zero-order valence-electron chi connectivity index (χ0n) is 4.88. The zero-order valence-corrected chi connectivity index (χ0v) is 4.88. The maximum absolute atomic E-state index is 8.92. The van der Waals surface area contributed by atoms with Crippen molar-refractivity contribution < 1.29 is 10.2 Å². The first-order chi connectivity index (χ1) is 3.79. The average molecular weight is 116 g/mol. The first kappa shape index (κ1) is 6.05. The molecule has 8 heavy (non-hydrogen) atoms. The number of rotatable bonds is 0. The summed E-state index contributed by atoms with van der Waals surface area (Å²) in [6.07, 6.45) is 2.83. The molecule has 0 aliphatic heterocycles. The highest BCUT2D eigenvalue weighted by Crippen LogP contribution is 2.17. The maximum atomic E-state index is 8.92. The van der Waals surface area contributed by atoms with Crippen molar-refractivity contribution in [3.63, 3.8) is 0 Å². The van der Waals surface area contributed by atoms with Gasteiger partial charge in [0.05, 0.1) is 12.2 Å². The minimum Gasteiger partial charge on any atom is -0.393 e. The summed E-state index contributed by atoms with van der Waals surface area (Å²) in [5.74, 6) is 0. The number of hydrogen-bond donors (Lipinski definition) is 2. The van der Waals surface area contributed by atoms with Crippen LogP contribution in [0, 0.1) is 0 Å². The molecule has 0 saturated heterocycles. The van der Waals surface area contributed by atoms with Gasteiger partial charge in [-0.3, -0.25) is 0 Å². The van der Waals surface area contributed by atoms with E-state index in [9.17, 15) is 0 Å². The molecule has 2 N–H and O–H groups in total. The van der Waals surface area contributed by atoms with Gasteiger partial charge < -0.3 is 10.2 Å². The van der Waals surface area contributed by atoms with Gasteiger partial charge in [-0.25, -0.2) is 0 Å². The Morgan fingerprint density at radius 2 is 1.50 bits per heavy atom. The number of aliphatic hydroxyl groups is 2. The minimum absolute atomic E-state index is 0.237. The Morgan fingerprint density at radius 1 is 1.00 bits per heavy atom. The van der Waals surface area contributed by atoms with Crippen molar-refractivity contribution in [2.75, 3.05) is 0 Å². The molecule has 0 heterocycles. The lowest BCUT2D eigenvalue weighted by Gasteiger charge is -2.20. The first-order valence-corrected chi connectivity index (χ1v) is 3.15. The third kappa shape index (κ3) is 1.46. The van der Waals surface area contributed by atoms with Crippen molar-refractivity contribution in [3.8, 4) is 0 Å². The summed E-state index contributed by atoms with van der Waals surface area (Å²) in [5, 5.41) is 17.8. The van der Waals surface area contributed by atoms with E-state index in [0.29, 0.717) is 6.42 Å². The van der Waals surface area contributed by atoms with Gasteiger partial charge in [0.15, 0.2) is 0 Å². The molecule has 2 atom stereocenters. The molecule has 0 radical (unpaired) electrons. The van der Waals surface area contributed by atoms with Crippen LogP contribution in [0.15, 0.2) is 0 Å². The van der Waals surface area contributed by atoms with E-state index < -0.39 is 0 Å². The molecule has 1 unspecified atom stereocenters. The third-order valence-corrected chi connectivity index (χ3v) is 1.62. The SMILES string of the molecule is OC1CCC[C@H](O)C1. The van der Waals surface area contributed by atoms with Gasteiger partial charge in [-0.2, -0.15) is 0 Å². The molecule has 1 aliphatic carbocycles. The van der Waals surface area contributed by atoms with Crippen LogP contribution in [0.3, 0.4) is 0 Å². The van der Waals surface area contributed by atoms with Crippen LogP contribution in [0.25, 0.3) is 0 Å². The van der Waals surface area contributed by atoms with Gasteiger partial charge in [0.1, 0.15) is 0 Å². The van der Waals surface area contributed by atoms with Crippen LogP contribution >= 0.6 is 0 Å². The van der Waals surface area contributed by atoms with Crippen molar-refractivity contribution >= 4 is 0 Å². The van der Waals surface area contributed by atoms with Crippen LogP contribution in [0.2, 0.25) is 0 Å². The molecule has 0 spiro atoms. The van der Waals surface area contributed by atoms with Crippen molar-refractivity contribution in [2.24, 2.45) is 0 Å². The van der Waals surface area contributed by atoms with Crippen LogP contribution in [-0.4, -0.2) is 22.4 Å². The van der Waals surface area contributed by atoms with E-state index in [1.807, 2.05) is 0 Å². The van der Waals surface area contributed by atoms with Crippen LogP contribution in [0.4, 0.5) is 0 Å². The monoisotopic (exact) mass is 116 g/mol. The molecule has 2 nitrogen and oxygen atoms in total. The molecule has 0 amide bonds. The van der Waals surface area contributed by atoms with Gasteiger partial charge in [-0.1, -0.05) is 0 Å². The van der Waals surface area contributed by atoms with Crippen molar-refractivity contribution in [1.82, 2.24) is 0 Å². The highest BCUT2D eigenvalue weighted by Gasteiger charge is 2.16. The van der Waals surface area contributed by atoms with Gasteiger partial charge in [-0.05, 0) is 25.7 Å². The Bertz CT molecular complexity index is 64.9. The molecular weight excluding hydrogens is 104 g/mol. The van der Waals surface area contributed by atoms with Gasteiger partial charge >= 0.3 is 0 Å². The third-order valence-electron chi connectivity index (χ3n) is 1.62. The van der Waals surface area contributed by atoms with E-state index >= 15 is 0 Å². The molecule has 2 heteroatoms. The highest BCUT2D eigenvalue weighted by atomic mass is 16.3. The Hall–Kier alpha value is -0.0800. The summed E-state index contributed by atoms with van der Waals surface area (Å²) < 4.78 is 0. The lowest BCUT2D eigenvalue weighted by molar-refractivity contribution is 0.0406. The summed E-state index contributed by atoms with van der Waals surface area (Å²) in [6.45, 7) is 0. The fourth-order valence-corrected chi connectivity index (χ4v) is 1.14. The van der Waals surface area contributed by atoms with Crippen LogP contribution in [0.5, 0.6) is 0 Å². The van der Waals surface area contributed by atoms with E-state index in [-0.39, 0.29) is 12.2 Å². The number of aliphatic hydroxyl groups excluding tert-OH is 2. The molecule has 1 aliphatic rings. The van der Waals surface area contributed by atoms with Crippen LogP contribution in [0.1, 0.15) is 25.7 Å². The van der Waals surface area contributed by atoms with E-state index in [4.69, 9.17) is 10.2 Å². The lowest BCUT2D eigenvalue weighted by Crippen LogP contribution is -2.22. The molecular formula is C6H12O2. The molecule has 1 rings (SSSR count). The summed E-state index contributed by atoms with van der Waals surface area (Å²) in [5.41, 5.74) is 0. The average Bonchev–Trinajstić information content (AvgIpc) is 1.64. The predicted molar refractivity (Wildman–Crippen MR) is 30.5 cm³/mol. The number of hydrogen-bond acceptors (Lipinski definition) is 2. The highest BCUT2D eigenvalue weighted by molar-refractivity contribution is 4.69. The summed E-state index contributed by atoms with van der Waals surface area (Å²) in [7, 11) is 0. The van der Waals surface area contributed by atoms with E-state index in [2.05, 4.69) is 0 Å². The Kier molecular flexibility index (Phi) is 1.86. The second-order valence-electron chi connectivity index (χ2n) is 2.47. The maximum Gasteiger partial charge on any atom is 0.0564 e. The molecule has 1 fully saturated rings. The van der Waals surface area contributed by atoms with Gasteiger partial charge in [0.25, 0.3) is 0 Å². The predicted octanol–water partition coefficient (Wildman–Crippen LogP) is 0.282. The summed E-state index contributed by atoms with van der Waals surface area (Å²) >= 11 is 0. The lowest BCUT2D eigenvalue weighted by atomic mass is 9.95. The molecule has 0 aromatic heterocycles. The van der Waals surface area contributed by atoms with Crippen LogP contribution in [-0.2, 0) is 0 Å². The van der Waals surface area contributed by atoms with Gasteiger partial charge in [-0.15, -0.1) is 0 Å². The van der Waals surface area contributed by atoms with E-state index in [0.717, 1.165) is 19.3 Å². The molecule has 0 aromatic carbocycles. The van der Waals surface area contributed by atoms with Crippen molar-refractivity contribution in [1.29, 1.82) is 0 Å². The summed E-state index contributed by atoms with van der Waals surface area (Å²) in [6, 6.07) is 0. The zero-order chi connectivity index (χ0) is 5.98. The largest absolute Gasteiger partial charge is 0.393 e. The topological polar surface area (TPSA) is 40.5 Å². The normalized spacial score (nSPS) is 39.8. The standard InChI is InChI=1S/C6H12O2/c7-5-2-1-3-6(8)4-5/h5-8H,1-4H2/t5-,6?/m0/s1. The van der Waals surface area contributed by atoms with E-state index in [1.165, 1.54) is 0 Å². The molecule has 0 aromatic rings. The second-order valence-corrected chi connectivity index (χ2v) is 2.47. The van der Waals surface area contributed by atoms with Crippen molar-refractivity contribution in [3.05, 3.63) is 0 Å². The Balaban J connectivity index is 2.23. The minimum atomic E-state index is -0.237. The second kappa shape index (κ2) is 2.46.